The van der Waals surface area contributed by atoms with Crippen LogP contribution in [0.15, 0.2) is 54.6 Å². The van der Waals surface area contributed by atoms with E-state index in [0.717, 1.165) is 10.7 Å². The van der Waals surface area contributed by atoms with Crippen LogP contribution in [-0.2, 0) is 12.7 Å². The van der Waals surface area contributed by atoms with Crippen LogP contribution in [0.5, 0.6) is 0 Å². The fourth-order valence-electron chi connectivity index (χ4n) is 3.94. The van der Waals surface area contributed by atoms with E-state index in [1.165, 1.54) is 24.3 Å². The molecule has 188 valence electrons. The first kappa shape index (κ1) is 25.4. The lowest BCUT2D eigenvalue weighted by molar-refractivity contribution is -0.143. The van der Waals surface area contributed by atoms with Crippen molar-refractivity contribution >= 4 is 28.4 Å². The zero-order chi connectivity index (χ0) is 26.9. The number of nitrogens with zero attached hydrogens (tertiary/aromatic N) is 4. The molecule has 0 unspecified atom stereocenters. The largest absolute Gasteiger partial charge is 0.435 e. The molecule has 0 saturated heterocycles. The number of rotatable bonds is 6. The van der Waals surface area contributed by atoms with Gasteiger partial charge in [-0.3, -0.25) is 14.3 Å². The number of pyridine rings is 1. The Kier molecular flexibility index (Phi) is 6.68. The summed E-state index contributed by atoms with van der Waals surface area (Å²) in [7, 11) is 0. The van der Waals surface area contributed by atoms with Crippen molar-refractivity contribution in [2.24, 2.45) is 5.73 Å². The number of carbonyl (C=O) groups is 2. The van der Waals surface area contributed by atoms with Crippen molar-refractivity contribution in [2.75, 3.05) is 5.32 Å². The minimum atomic E-state index is -4.86. The third-order valence-corrected chi connectivity index (χ3v) is 5.66. The van der Waals surface area contributed by atoms with Crippen molar-refractivity contribution in [1.29, 1.82) is 5.26 Å². The standard InChI is InChI=1S/C26H21F3N6O2/c1-14(2)21-22(23(26(27,28)29)35(34-21)13-16-9-7-15(12-30)8-10-16)33-25(37)20-11-18(24(31)36)17-5-3-4-6-19(17)32-20/h3-11,14H,13H2,1-2H3,(H2,31,36)(H,33,37). The molecule has 4 rings (SSSR count). The van der Waals surface area contributed by atoms with Gasteiger partial charge >= 0.3 is 6.18 Å². The van der Waals surface area contributed by atoms with Crippen molar-refractivity contribution in [3.05, 3.63) is 88.4 Å². The minimum absolute atomic E-state index is 0.0207. The van der Waals surface area contributed by atoms with Gasteiger partial charge in [0.1, 0.15) is 5.69 Å². The third-order valence-electron chi connectivity index (χ3n) is 5.66. The van der Waals surface area contributed by atoms with Gasteiger partial charge in [0.15, 0.2) is 5.69 Å². The van der Waals surface area contributed by atoms with E-state index in [-0.39, 0.29) is 23.5 Å². The van der Waals surface area contributed by atoms with Gasteiger partial charge in [-0.25, -0.2) is 4.98 Å². The van der Waals surface area contributed by atoms with Crippen LogP contribution in [-0.4, -0.2) is 26.6 Å². The summed E-state index contributed by atoms with van der Waals surface area (Å²) in [6, 6.07) is 15.7. The van der Waals surface area contributed by atoms with Gasteiger partial charge in [-0.15, -0.1) is 0 Å². The second-order valence-corrected chi connectivity index (χ2v) is 8.62. The molecule has 0 spiro atoms. The smallest absolute Gasteiger partial charge is 0.366 e. The first-order chi connectivity index (χ1) is 17.5. The zero-order valence-electron chi connectivity index (χ0n) is 19.8. The number of anilines is 1. The van der Waals surface area contributed by atoms with Crippen LogP contribution in [0.1, 0.15) is 63.1 Å². The Morgan fingerprint density at radius 2 is 1.81 bits per heavy atom. The Morgan fingerprint density at radius 1 is 1.14 bits per heavy atom. The maximum Gasteiger partial charge on any atom is 0.435 e. The molecule has 0 aliphatic rings. The van der Waals surface area contributed by atoms with Crippen LogP contribution in [0, 0.1) is 11.3 Å². The van der Waals surface area contributed by atoms with Crippen molar-refractivity contribution in [1.82, 2.24) is 14.8 Å². The highest BCUT2D eigenvalue weighted by molar-refractivity contribution is 6.10. The Hall–Kier alpha value is -4.72. The average molecular weight is 506 g/mol. The molecule has 2 aromatic carbocycles. The van der Waals surface area contributed by atoms with E-state index >= 15 is 0 Å². The number of alkyl halides is 3. The van der Waals surface area contributed by atoms with Gasteiger partial charge in [0.2, 0.25) is 5.91 Å². The number of nitriles is 1. The lowest BCUT2D eigenvalue weighted by Crippen LogP contribution is -2.21. The summed E-state index contributed by atoms with van der Waals surface area (Å²) in [5.41, 5.74) is 4.77. The average Bonchev–Trinajstić information content (AvgIpc) is 3.22. The summed E-state index contributed by atoms with van der Waals surface area (Å²) in [5.74, 6) is -2.22. The molecule has 0 atom stereocenters. The number of halogens is 3. The van der Waals surface area contributed by atoms with E-state index in [0.29, 0.717) is 22.0 Å². The molecule has 2 heterocycles. The van der Waals surface area contributed by atoms with E-state index in [1.807, 2.05) is 6.07 Å². The van der Waals surface area contributed by atoms with Crippen LogP contribution in [0.25, 0.3) is 10.9 Å². The topological polar surface area (TPSA) is 127 Å². The number of amides is 2. The Balaban J connectivity index is 1.79. The van der Waals surface area contributed by atoms with Gasteiger partial charge in [-0.2, -0.15) is 23.5 Å². The molecule has 0 radical (unpaired) electrons. The van der Waals surface area contributed by atoms with Crippen molar-refractivity contribution in [3.63, 3.8) is 0 Å². The number of nitrogens with two attached hydrogens (primary N) is 1. The Labute approximate surface area is 209 Å². The predicted molar refractivity (Wildman–Crippen MR) is 130 cm³/mol. The lowest BCUT2D eigenvalue weighted by atomic mass is 10.1. The molecule has 0 aliphatic heterocycles. The van der Waals surface area contributed by atoms with Crippen molar-refractivity contribution < 1.29 is 22.8 Å². The van der Waals surface area contributed by atoms with Crippen LogP contribution in [0.3, 0.4) is 0 Å². The summed E-state index contributed by atoms with van der Waals surface area (Å²) in [4.78, 5) is 29.4. The Bertz CT molecular complexity index is 1550. The first-order valence-electron chi connectivity index (χ1n) is 11.2. The zero-order valence-corrected chi connectivity index (χ0v) is 19.8. The summed E-state index contributed by atoms with van der Waals surface area (Å²) >= 11 is 0. The Morgan fingerprint density at radius 3 is 2.41 bits per heavy atom. The van der Waals surface area contributed by atoms with Crippen LogP contribution in [0.2, 0.25) is 0 Å². The molecule has 8 nitrogen and oxygen atoms in total. The molecule has 11 heteroatoms. The van der Waals surface area contributed by atoms with Crippen molar-refractivity contribution in [3.8, 4) is 6.07 Å². The minimum Gasteiger partial charge on any atom is -0.366 e. The fourth-order valence-corrected chi connectivity index (χ4v) is 3.94. The maximum absolute atomic E-state index is 14.3. The van der Waals surface area contributed by atoms with Gasteiger partial charge in [0.25, 0.3) is 5.91 Å². The summed E-state index contributed by atoms with van der Waals surface area (Å²) in [6.07, 6.45) is -4.86. The first-order valence-corrected chi connectivity index (χ1v) is 11.2. The van der Waals surface area contributed by atoms with Crippen LogP contribution < -0.4 is 11.1 Å². The van der Waals surface area contributed by atoms with Crippen LogP contribution in [0.4, 0.5) is 18.9 Å². The molecular formula is C26H21F3N6O2. The van der Waals surface area contributed by atoms with E-state index in [4.69, 9.17) is 11.0 Å². The lowest BCUT2D eigenvalue weighted by Gasteiger charge is -2.14. The molecule has 0 saturated carbocycles. The van der Waals surface area contributed by atoms with Crippen LogP contribution >= 0.6 is 0 Å². The molecule has 2 aromatic heterocycles. The number of aromatic nitrogens is 3. The summed E-state index contributed by atoms with van der Waals surface area (Å²) < 4.78 is 43.7. The molecule has 0 aliphatic carbocycles. The number of nitrogens with one attached hydrogen (secondary N) is 1. The molecular weight excluding hydrogens is 485 g/mol. The van der Waals surface area contributed by atoms with Gasteiger partial charge in [-0.05, 0) is 35.7 Å². The fraction of sp³-hybridized carbons (Fsp3) is 0.192. The second kappa shape index (κ2) is 9.73. The number of fused-ring (bicyclic) bond motifs is 1. The normalized spacial score (nSPS) is 11.5. The van der Waals surface area contributed by atoms with Gasteiger partial charge < -0.3 is 11.1 Å². The summed E-state index contributed by atoms with van der Waals surface area (Å²) in [5, 5.41) is 15.9. The molecule has 2 amide bonds. The summed E-state index contributed by atoms with van der Waals surface area (Å²) in [6.45, 7) is 3.07. The molecule has 0 bridgehead atoms. The third kappa shape index (κ3) is 5.13. The number of primary amides is 1. The predicted octanol–water partition coefficient (Wildman–Crippen LogP) is 4.84. The highest BCUT2D eigenvalue weighted by atomic mass is 19.4. The van der Waals surface area contributed by atoms with E-state index in [9.17, 15) is 22.8 Å². The number of hydrogen-bond acceptors (Lipinski definition) is 5. The van der Waals surface area contributed by atoms with E-state index in [2.05, 4.69) is 15.4 Å². The maximum atomic E-state index is 14.3. The second-order valence-electron chi connectivity index (χ2n) is 8.62. The monoisotopic (exact) mass is 506 g/mol. The molecule has 4 aromatic rings. The van der Waals surface area contributed by atoms with E-state index in [1.54, 1.807) is 38.1 Å². The number of hydrogen-bond donors (Lipinski definition) is 2. The number of benzene rings is 2. The molecule has 37 heavy (non-hydrogen) atoms. The number of carbonyl (C=O) groups excluding carboxylic acids is 2. The highest BCUT2D eigenvalue weighted by Crippen LogP contribution is 2.39. The SMILES string of the molecule is CC(C)c1nn(Cc2ccc(C#N)cc2)c(C(F)(F)F)c1NC(=O)c1cc(C(N)=O)c2ccccc2n1. The highest BCUT2D eigenvalue weighted by Gasteiger charge is 2.41. The van der Waals surface area contributed by atoms with Crippen molar-refractivity contribution in [2.45, 2.75) is 32.5 Å². The molecule has 3 N–H and O–H groups in total. The van der Waals surface area contributed by atoms with Gasteiger partial charge in [0.05, 0.1) is 40.6 Å². The molecule has 0 fully saturated rings. The quantitative estimate of drug-likeness (QED) is 0.387. The van der Waals surface area contributed by atoms with Gasteiger partial charge in [0, 0.05) is 5.39 Å². The number of para-hydroxylation sites is 1. The van der Waals surface area contributed by atoms with Gasteiger partial charge in [-0.1, -0.05) is 44.2 Å². The van der Waals surface area contributed by atoms with E-state index < -0.39 is 35.3 Å².